The Labute approximate surface area is 95.6 Å². The molecule has 1 aromatic carbocycles. The van der Waals surface area contributed by atoms with Gasteiger partial charge in [0.25, 0.3) is 0 Å². The maximum Gasteiger partial charge on any atom is 0.184 e. The Hall–Kier alpha value is -1.00. The van der Waals surface area contributed by atoms with Crippen LogP contribution in [0.5, 0.6) is 11.5 Å². The van der Waals surface area contributed by atoms with Crippen LogP contribution in [0, 0.1) is 0 Å². The van der Waals surface area contributed by atoms with E-state index in [-0.39, 0.29) is 6.10 Å². The molecule has 78 valence electrons. The number of halogens is 1. The molecule has 2 heterocycles. The zero-order valence-corrected chi connectivity index (χ0v) is 9.56. The molecule has 0 aliphatic carbocycles. The minimum Gasteiger partial charge on any atom is -0.484 e. The Kier molecular flexibility index (Phi) is 2.00. The van der Waals surface area contributed by atoms with Crippen LogP contribution in [0.2, 0.25) is 4.47 Å². The summed E-state index contributed by atoms with van der Waals surface area (Å²) in [5.41, 5.74) is 0.863. The Bertz CT molecular complexity index is 525. The molecule has 0 saturated heterocycles. The number of benzene rings is 1. The molecule has 1 aliphatic heterocycles. The quantitative estimate of drug-likeness (QED) is 0.710. The number of hydrogen-bond acceptors (Lipinski definition) is 4. The summed E-state index contributed by atoms with van der Waals surface area (Å²) >= 11 is 7.28. The molecule has 1 aromatic heterocycles. The first kappa shape index (κ1) is 9.24. The first-order valence-corrected chi connectivity index (χ1v) is 5.82. The normalized spacial score (nSPS) is 19.5. The van der Waals surface area contributed by atoms with E-state index in [2.05, 4.69) is 4.98 Å². The largest absolute Gasteiger partial charge is 0.484 e. The molecule has 0 fully saturated rings. The van der Waals surface area contributed by atoms with Crippen molar-refractivity contribution in [2.45, 2.75) is 13.0 Å². The fourth-order valence-electron chi connectivity index (χ4n) is 1.60. The Balaban J connectivity index is 2.24. The van der Waals surface area contributed by atoms with Crippen LogP contribution in [0.15, 0.2) is 12.1 Å². The van der Waals surface area contributed by atoms with Crippen LogP contribution in [0.3, 0.4) is 0 Å². The number of aromatic nitrogens is 1. The van der Waals surface area contributed by atoms with Crippen molar-refractivity contribution in [1.29, 1.82) is 0 Å². The molecule has 3 nitrogen and oxygen atoms in total. The predicted octanol–water partition coefficient (Wildman–Crippen LogP) is 3.11. The standard InChI is InChI=1S/C10H8ClNO2S/c1-5-4-13-8-7(14-5)3-2-6-9(8)15-10(11)12-6/h2-3,5H,4H2,1H3/t5-/m1/s1. The van der Waals surface area contributed by atoms with E-state index in [1.807, 2.05) is 19.1 Å². The highest BCUT2D eigenvalue weighted by Crippen LogP contribution is 2.42. The van der Waals surface area contributed by atoms with Crippen molar-refractivity contribution in [3.63, 3.8) is 0 Å². The smallest absolute Gasteiger partial charge is 0.184 e. The monoisotopic (exact) mass is 241 g/mol. The van der Waals surface area contributed by atoms with E-state index in [0.717, 1.165) is 21.7 Å². The Morgan fingerprint density at radius 3 is 3.27 bits per heavy atom. The molecule has 3 rings (SSSR count). The van der Waals surface area contributed by atoms with Gasteiger partial charge in [0.15, 0.2) is 16.0 Å². The Morgan fingerprint density at radius 2 is 2.40 bits per heavy atom. The summed E-state index contributed by atoms with van der Waals surface area (Å²) in [4.78, 5) is 4.19. The molecule has 2 aromatic rings. The van der Waals surface area contributed by atoms with Gasteiger partial charge >= 0.3 is 0 Å². The molecule has 0 unspecified atom stereocenters. The van der Waals surface area contributed by atoms with Gasteiger partial charge in [-0.05, 0) is 19.1 Å². The van der Waals surface area contributed by atoms with Gasteiger partial charge in [-0.3, -0.25) is 0 Å². The van der Waals surface area contributed by atoms with Crippen LogP contribution in [-0.4, -0.2) is 17.7 Å². The lowest BCUT2D eigenvalue weighted by atomic mass is 10.2. The molecule has 15 heavy (non-hydrogen) atoms. The third kappa shape index (κ3) is 1.44. The van der Waals surface area contributed by atoms with Gasteiger partial charge < -0.3 is 9.47 Å². The van der Waals surface area contributed by atoms with Gasteiger partial charge in [-0.15, -0.1) is 0 Å². The molecule has 0 amide bonds. The summed E-state index contributed by atoms with van der Waals surface area (Å²) in [7, 11) is 0. The van der Waals surface area contributed by atoms with Crippen LogP contribution in [0.1, 0.15) is 6.92 Å². The summed E-state index contributed by atoms with van der Waals surface area (Å²) in [5, 5.41) is 0. The van der Waals surface area contributed by atoms with Gasteiger partial charge in [0, 0.05) is 0 Å². The van der Waals surface area contributed by atoms with Gasteiger partial charge in [-0.1, -0.05) is 22.9 Å². The lowest BCUT2D eigenvalue weighted by molar-refractivity contribution is 0.106. The first-order chi connectivity index (χ1) is 7.24. The summed E-state index contributed by atoms with van der Waals surface area (Å²) in [6, 6.07) is 3.78. The molecule has 1 aliphatic rings. The SMILES string of the molecule is C[C@@H]1COc2c(ccc3nc(Cl)sc23)O1. The van der Waals surface area contributed by atoms with Crippen molar-refractivity contribution in [3.05, 3.63) is 16.6 Å². The van der Waals surface area contributed by atoms with Crippen LogP contribution < -0.4 is 9.47 Å². The number of nitrogens with zero attached hydrogens (tertiary/aromatic N) is 1. The van der Waals surface area contributed by atoms with E-state index in [4.69, 9.17) is 21.1 Å². The minimum atomic E-state index is 0.0957. The van der Waals surface area contributed by atoms with Crippen LogP contribution in [-0.2, 0) is 0 Å². The third-order valence-corrected chi connectivity index (χ3v) is 3.41. The topological polar surface area (TPSA) is 31.4 Å². The van der Waals surface area contributed by atoms with Gasteiger partial charge in [-0.2, -0.15) is 0 Å². The average Bonchev–Trinajstić information content (AvgIpc) is 2.58. The third-order valence-electron chi connectivity index (χ3n) is 2.24. The van der Waals surface area contributed by atoms with Crippen LogP contribution in [0.4, 0.5) is 0 Å². The zero-order chi connectivity index (χ0) is 10.4. The Morgan fingerprint density at radius 1 is 1.53 bits per heavy atom. The highest BCUT2D eigenvalue weighted by Gasteiger charge is 2.21. The first-order valence-electron chi connectivity index (χ1n) is 4.62. The van der Waals surface area contributed by atoms with Crippen molar-refractivity contribution in [2.75, 3.05) is 6.61 Å². The number of rotatable bonds is 0. The molecule has 0 saturated carbocycles. The van der Waals surface area contributed by atoms with Crippen molar-refractivity contribution in [1.82, 2.24) is 4.98 Å². The van der Waals surface area contributed by atoms with Gasteiger partial charge in [0.05, 0.1) is 5.52 Å². The number of thiazole rings is 1. The van der Waals surface area contributed by atoms with E-state index < -0.39 is 0 Å². The molecule has 1 atom stereocenters. The average molecular weight is 242 g/mol. The fraction of sp³-hybridized carbons (Fsp3) is 0.300. The number of fused-ring (bicyclic) bond motifs is 3. The minimum absolute atomic E-state index is 0.0957. The lowest BCUT2D eigenvalue weighted by Crippen LogP contribution is -2.25. The second kappa shape index (κ2) is 3.25. The highest BCUT2D eigenvalue weighted by atomic mass is 35.5. The number of hydrogen-bond donors (Lipinski definition) is 0. The van der Waals surface area contributed by atoms with Crippen LogP contribution in [0.25, 0.3) is 10.2 Å². The molecule has 0 radical (unpaired) electrons. The van der Waals surface area contributed by atoms with E-state index >= 15 is 0 Å². The maximum absolute atomic E-state index is 5.87. The summed E-state index contributed by atoms with van der Waals surface area (Å²) < 4.78 is 12.8. The molecular weight excluding hydrogens is 234 g/mol. The molecule has 0 N–H and O–H groups in total. The van der Waals surface area contributed by atoms with E-state index in [1.165, 1.54) is 11.3 Å². The molecular formula is C10H8ClNO2S. The predicted molar refractivity (Wildman–Crippen MR) is 60.2 cm³/mol. The lowest BCUT2D eigenvalue weighted by Gasteiger charge is -2.23. The second-order valence-corrected chi connectivity index (χ2v) is 5.03. The molecule has 5 heteroatoms. The van der Waals surface area contributed by atoms with Crippen molar-refractivity contribution >= 4 is 33.2 Å². The van der Waals surface area contributed by atoms with E-state index in [0.29, 0.717) is 11.1 Å². The fourth-order valence-corrected chi connectivity index (χ4v) is 2.71. The highest BCUT2D eigenvalue weighted by molar-refractivity contribution is 7.22. The molecule has 0 spiro atoms. The van der Waals surface area contributed by atoms with Crippen molar-refractivity contribution in [2.24, 2.45) is 0 Å². The molecule has 0 bridgehead atoms. The van der Waals surface area contributed by atoms with Gasteiger partial charge in [0.2, 0.25) is 0 Å². The zero-order valence-electron chi connectivity index (χ0n) is 7.99. The van der Waals surface area contributed by atoms with E-state index in [1.54, 1.807) is 0 Å². The van der Waals surface area contributed by atoms with Crippen molar-refractivity contribution in [3.8, 4) is 11.5 Å². The summed E-state index contributed by atoms with van der Waals surface area (Å²) in [6.45, 7) is 2.55. The summed E-state index contributed by atoms with van der Waals surface area (Å²) in [6.07, 6.45) is 0.0957. The van der Waals surface area contributed by atoms with E-state index in [9.17, 15) is 0 Å². The van der Waals surface area contributed by atoms with Gasteiger partial charge in [-0.25, -0.2) is 4.98 Å². The number of ether oxygens (including phenoxy) is 2. The maximum atomic E-state index is 5.87. The van der Waals surface area contributed by atoms with Crippen molar-refractivity contribution < 1.29 is 9.47 Å². The van der Waals surface area contributed by atoms with Gasteiger partial charge in [0.1, 0.15) is 17.4 Å². The summed E-state index contributed by atoms with van der Waals surface area (Å²) in [5.74, 6) is 1.55. The van der Waals surface area contributed by atoms with Crippen LogP contribution >= 0.6 is 22.9 Å². The second-order valence-electron chi connectivity index (χ2n) is 3.45.